The van der Waals surface area contributed by atoms with Crippen LogP contribution >= 0.6 is 0 Å². The van der Waals surface area contributed by atoms with E-state index in [2.05, 4.69) is 15.6 Å². The van der Waals surface area contributed by atoms with E-state index in [1.54, 1.807) is 24.5 Å². The highest BCUT2D eigenvalue weighted by molar-refractivity contribution is 5.89. The van der Waals surface area contributed by atoms with E-state index >= 15 is 0 Å². The molecule has 2 N–H and O–H groups in total. The molecule has 2 aromatic heterocycles. The van der Waals surface area contributed by atoms with Crippen molar-refractivity contribution >= 4 is 22.7 Å². The Morgan fingerprint density at radius 2 is 1.65 bits per heavy atom. The summed E-state index contributed by atoms with van der Waals surface area (Å²) < 4.78 is 5.98. The van der Waals surface area contributed by atoms with Gasteiger partial charge in [-0.15, -0.1) is 0 Å². The molecule has 5 heteroatoms. The second-order valence-corrected chi connectivity index (χ2v) is 5.86. The highest BCUT2D eigenvalue weighted by Gasteiger charge is 2.20. The smallest absolute Gasteiger partial charge is 0.320 e. The molecule has 0 aliphatic carbocycles. The van der Waals surface area contributed by atoms with E-state index in [0.717, 1.165) is 16.5 Å². The van der Waals surface area contributed by atoms with Crippen molar-refractivity contribution in [3.05, 3.63) is 96.5 Å². The van der Waals surface area contributed by atoms with Crippen LogP contribution in [0.1, 0.15) is 17.4 Å². The Hall–Kier alpha value is -3.60. The summed E-state index contributed by atoms with van der Waals surface area (Å²) >= 11 is 0. The van der Waals surface area contributed by atoms with Crippen LogP contribution in [0.3, 0.4) is 0 Å². The molecule has 0 aliphatic rings. The Bertz CT molecular complexity index is 980. The van der Waals surface area contributed by atoms with Gasteiger partial charge in [-0.25, -0.2) is 4.79 Å². The third-order valence-electron chi connectivity index (χ3n) is 4.08. The zero-order chi connectivity index (χ0) is 17.8. The van der Waals surface area contributed by atoms with Crippen LogP contribution in [-0.2, 0) is 0 Å². The van der Waals surface area contributed by atoms with E-state index in [9.17, 15) is 4.79 Å². The minimum Gasteiger partial charge on any atom is -0.459 e. The molecule has 0 radical (unpaired) electrons. The Labute approximate surface area is 150 Å². The van der Waals surface area contributed by atoms with Gasteiger partial charge in [0, 0.05) is 23.5 Å². The summed E-state index contributed by atoms with van der Waals surface area (Å²) in [7, 11) is 0. The predicted molar refractivity (Wildman–Crippen MR) is 101 cm³/mol. The van der Waals surface area contributed by atoms with E-state index < -0.39 is 6.04 Å². The van der Waals surface area contributed by atoms with Crippen molar-refractivity contribution < 1.29 is 9.21 Å². The van der Waals surface area contributed by atoms with Crippen molar-refractivity contribution in [3.63, 3.8) is 0 Å². The third-order valence-corrected chi connectivity index (χ3v) is 4.08. The van der Waals surface area contributed by atoms with E-state index in [-0.39, 0.29) is 6.03 Å². The molecular formula is C21H17N3O2. The molecule has 1 atom stereocenters. The predicted octanol–water partition coefficient (Wildman–Crippen LogP) is 4.74. The molecule has 1 unspecified atom stereocenters. The molecule has 5 nitrogen and oxygen atoms in total. The lowest BCUT2D eigenvalue weighted by Crippen LogP contribution is -2.33. The second kappa shape index (κ2) is 7.11. The lowest BCUT2D eigenvalue weighted by Gasteiger charge is -2.17. The van der Waals surface area contributed by atoms with Crippen molar-refractivity contribution in [2.75, 3.05) is 5.32 Å². The number of amides is 2. The average Bonchev–Trinajstić information content (AvgIpc) is 3.11. The molecule has 128 valence electrons. The van der Waals surface area contributed by atoms with Crippen molar-refractivity contribution in [2.45, 2.75) is 6.04 Å². The lowest BCUT2D eigenvalue weighted by molar-refractivity contribution is 0.249. The van der Waals surface area contributed by atoms with Gasteiger partial charge in [0.15, 0.2) is 0 Å². The number of anilines is 1. The molecule has 0 bridgehead atoms. The topological polar surface area (TPSA) is 67.2 Å². The number of hydrogen-bond acceptors (Lipinski definition) is 3. The minimum atomic E-state index is -0.398. The Kier molecular flexibility index (Phi) is 4.35. The fourth-order valence-corrected chi connectivity index (χ4v) is 2.84. The van der Waals surface area contributed by atoms with Crippen LogP contribution in [0.25, 0.3) is 11.0 Å². The first-order valence-corrected chi connectivity index (χ1v) is 8.30. The van der Waals surface area contributed by atoms with Crippen LogP contribution in [0, 0.1) is 0 Å². The highest BCUT2D eigenvalue weighted by atomic mass is 16.3. The van der Waals surface area contributed by atoms with Gasteiger partial charge in [-0.1, -0.05) is 48.5 Å². The molecule has 2 amide bonds. The van der Waals surface area contributed by atoms with Gasteiger partial charge in [-0.2, -0.15) is 0 Å². The van der Waals surface area contributed by atoms with Crippen LogP contribution in [0.4, 0.5) is 10.5 Å². The van der Waals surface area contributed by atoms with Crippen LogP contribution in [0.15, 0.2) is 89.6 Å². The molecule has 0 aliphatic heterocycles. The van der Waals surface area contributed by atoms with Crippen molar-refractivity contribution in [1.82, 2.24) is 10.3 Å². The first kappa shape index (κ1) is 15.9. The summed E-state index contributed by atoms with van der Waals surface area (Å²) in [5.41, 5.74) is 2.41. The number of urea groups is 1. The maximum absolute atomic E-state index is 12.5. The maximum atomic E-state index is 12.5. The molecule has 2 heterocycles. The zero-order valence-corrected chi connectivity index (χ0v) is 13.9. The normalized spacial score (nSPS) is 11.8. The standard InChI is InChI=1S/C21H17N3O2/c25-21(23-17-10-12-22-13-11-17)24-20(15-6-2-1-3-7-15)19-14-16-8-4-5-9-18(16)26-19/h1-14,20H,(H2,22,23,24,25). The van der Waals surface area contributed by atoms with Crippen LogP contribution in [-0.4, -0.2) is 11.0 Å². The summed E-state index contributed by atoms with van der Waals surface area (Å²) in [6.45, 7) is 0. The van der Waals surface area contributed by atoms with E-state index in [1.807, 2.05) is 60.7 Å². The SMILES string of the molecule is O=C(Nc1ccncc1)NC(c1ccccc1)c1cc2ccccc2o1. The number of rotatable bonds is 4. The molecule has 0 spiro atoms. The van der Waals surface area contributed by atoms with Gasteiger partial charge in [-0.3, -0.25) is 4.98 Å². The van der Waals surface area contributed by atoms with Gasteiger partial charge in [0.1, 0.15) is 17.4 Å². The van der Waals surface area contributed by atoms with Crippen molar-refractivity contribution in [2.24, 2.45) is 0 Å². The fourth-order valence-electron chi connectivity index (χ4n) is 2.84. The van der Waals surface area contributed by atoms with Crippen LogP contribution in [0.5, 0.6) is 0 Å². The lowest BCUT2D eigenvalue weighted by atomic mass is 10.0. The number of carbonyl (C=O) groups excluding carboxylic acids is 1. The summed E-state index contributed by atoms with van der Waals surface area (Å²) in [4.78, 5) is 16.4. The molecule has 4 rings (SSSR count). The molecule has 26 heavy (non-hydrogen) atoms. The molecule has 4 aromatic rings. The average molecular weight is 343 g/mol. The minimum absolute atomic E-state index is 0.314. The van der Waals surface area contributed by atoms with E-state index in [1.165, 1.54) is 0 Å². The number of para-hydroxylation sites is 1. The second-order valence-electron chi connectivity index (χ2n) is 5.86. The van der Waals surface area contributed by atoms with Gasteiger partial charge in [0.25, 0.3) is 0 Å². The number of fused-ring (bicyclic) bond motifs is 1. The van der Waals surface area contributed by atoms with Gasteiger partial charge in [0.2, 0.25) is 0 Å². The molecule has 2 aromatic carbocycles. The number of pyridine rings is 1. The molecular weight excluding hydrogens is 326 g/mol. The highest BCUT2D eigenvalue weighted by Crippen LogP contribution is 2.28. The number of nitrogens with zero attached hydrogens (tertiary/aromatic N) is 1. The largest absolute Gasteiger partial charge is 0.459 e. The summed E-state index contributed by atoms with van der Waals surface area (Å²) in [6, 6.07) is 22.2. The first-order valence-electron chi connectivity index (χ1n) is 8.30. The van der Waals surface area contributed by atoms with Gasteiger partial charge < -0.3 is 15.1 Å². The maximum Gasteiger partial charge on any atom is 0.320 e. The Morgan fingerprint density at radius 3 is 2.42 bits per heavy atom. The van der Waals surface area contributed by atoms with Crippen molar-refractivity contribution in [3.8, 4) is 0 Å². The Balaban J connectivity index is 1.64. The summed E-state index contributed by atoms with van der Waals surface area (Å²) in [6.07, 6.45) is 3.26. The number of hydrogen-bond donors (Lipinski definition) is 2. The van der Waals surface area contributed by atoms with Gasteiger partial charge in [0.05, 0.1) is 0 Å². The molecule has 0 saturated heterocycles. The molecule has 0 fully saturated rings. The number of nitrogens with one attached hydrogen (secondary N) is 2. The van der Waals surface area contributed by atoms with E-state index in [0.29, 0.717) is 11.4 Å². The quantitative estimate of drug-likeness (QED) is 0.562. The van der Waals surface area contributed by atoms with Crippen LogP contribution < -0.4 is 10.6 Å². The summed E-state index contributed by atoms with van der Waals surface area (Å²) in [5.74, 6) is 0.683. The Morgan fingerprint density at radius 1 is 0.923 bits per heavy atom. The third kappa shape index (κ3) is 3.42. The number of furan rings is 1. The number of aromatic nitrogens is 1. The van der Waals surface area contributed by atoms with Gasteiger partial charge >= 0.3 is 6.03 Å². The van der Waals surface area contributed by atoms with Crippen LogP contribution in [0.2, 0.25) is 0 Å². The van der Waals surface area contributed by atoms with E-state index in [4.69, 9.17) is 4.42 Å². The van der Waals surface area contributed by atoms with Gasteiger partial charge in [-0.05, 0) is 29.8 Å². The molecule has 0 saturated carbocycles. The summed E-state index contributed by atoms with van der Waals surface area (Å²) in [5, 5.41) is 6.81. The monoisotopic (exact) mass is 343 g/mol. The van der Waals surface area contributed by atoms with Crippen molar-refractivity contribution in [1.29, 1.82) is 0 Å². The fraction of sp³-hybridized carbons (Fsp3) is 0.0476. The zero-order valence-electron chi connectivity index (χ0n) is 13.9. The number of carbonyl (C=O) groups is 1. The number of benzene rings is 2. The first-order chi connectivity index (χ1) is 12.8.